The molecule has 3 aromatic rings. The number of hydrogen-bond acceptors (Lipinski definition) is 9. The van der Waals surface area contributed by atoms with E-state index in [1.165, 1.54) is 25.3 Å². The first-order valence-electron chi connectivity index (χ1n) is 14.5. The Balaban J connectivity index is 1.45. The molecular weight excluding hydrogens is 646 g/mol. The smallest absolute Gasteiger partial charge is 0.421 e. The van der Waals surface area contributed by atoms with Crippen molar-refractivity contribution in [2.45, 2.75) is 56.6 Å². The lowest BCUT2D eigenvalue weighted by atomic mass is 9.80. The number of alkyl halides is 3. The average molecular weight is 682 g/mol. The van der Waals surface area contributed by atoms with Crippen LogP contribution < -0.4 is 15.4 Å². The number of fused-ring (bicyclic) bond motifs is 1. The zero-order chi connectivity index (χ0) is 33.2. The van der Waals surface area contributed by atoms with Gasteiger partial charge in [0.15, 0.2) is 0 Å². The Bertz CT molecular complexity index is 1650. The third-order valence-electron chi connectivity index (χ3n) is 8.09. The van der Waals surface area contributed by atoms with Crippen LogP contribution in [0.3, 0.4) is 0 Å². The first kappa shape index (κ1) is 34.0. The maximum Gasteiger partial charge on any atom is 0.421 e. The minimum absolute atomic E-state index is 0.177. The lowest BCUT2D eigenvalue weighted by Crippen LogP contribution is -2.21. The largest absolute Gasteiger partial charge is 0.495 e. The van der Waals surface area contributed by atoms with Gasteiger partial charge < -0.3 is 34.8 Å². The Morgan fingerprint density at radius 1 is 1.11 bits per heavy atom. The van der Waals surface area contributed by atoms with Crippen molar-refractivity contribution in [2.75, 3.05) is 37.0 Å². The molecule has 1 aromatic heterocycles. The van der Waals surface area contributed by atoms with Gasteiger partial charge >= 0.3 is 13.8 Å². The van der Waals surface area contributed by atoms with E-state index in [1.807, 2.05) is 12.3 Å². The number of methoxy groups -OCH3 is 1. The zero-order valence-corrected chi connectivity index (χ0v) is 27.1. The minimum Gasteiger partial charge on any atom is -0.495 e. The molecule has 0 spiro atoms. The fraction of sp³-hybridized carbons (Fsp3) is 0.433. The van der Waals surface area contributed by atoms with Crippen molar-refractivity contribution in [3.05, 3.63) is 64.3 Å². The van der Waals surface area contributed by atoms with Gasteiger partial charge in [-0.3, -0.25) is 9.36 Å². The number of thioether (sulfide) groups is 1. The molecule has 1 aliphatic carbocycles. The van der Waals surface area contributed by atoms with E-state index in [-0.39, 0.29) is 41.0 Å². The van der Waals surface area contributed by atoms with Gasteiger partial charge in [0.05, 0.1) is 42.3 Å². The summed E-state index contributed by atoms with van der Waals surface area (Å²) in [4.78, 5) is 41.4. The predicted octanol–water partition coefficient (Wildman–Crippen LogP) is 6.62. The van der Waals surface area contributed by atoms with Crippen LogP contribution in [-0.2, 0) is 28.2 Å². The summed E-state index contributed by atoms with van der Waals surface area (Å²) in [6, 6.07) is 7.84. The Kier molecular flexibility index (Phi) is 10.2. The number of anilines is 4. The van der Waals surface area contributed by atoms with Crippen LogP contribution in [0.25, 0.3) is 0 Å². The van der Waals surface area contributed by atoms with Crippen LogP contribution in [0.5, 0.6) is 5.75 Å². The van der Waals surface area contributed by atoms with Gasteiger partial charge in [-0.15, -0.1) is 11.8 Å². The molecule has 248 valence electrons. The van der Waals surface area contributed by atoms with Gasteiger partial charge in [-0.05, 0) is 72.7 Å². The molecule has 2 aromatic carbocycles. The standard InChI is InChI=1S/C30H35F3N5O6PS/c1-38-14-21-20(18-5-7-19(8-6-18)44-16-46-3)9-11-24(26(21)28(38)39)35-27-22(30(31,32)33)13-34-29(37-27)36-23-10-4-17(12-25(23)43-2)15-45(40,41)42/h4,9-13,18-19H,5-8,14-16H2,1-3H3,(H2,40,41,42)(H2,34,35,36,37)/t18-,19-. The molecule has 0 atom stereocenters. The summed E-state index contributed by atoms with van der Waals surface area (Å²) in [5, 5.41) is 5.60. The second-order valence-corrected chi connectivity index (χ2v) is 13.8. The molecule has 11 nitrogen and oxygen atoms in total. The van der Waals surface area contributed by atoms with Crippen LogP contribution in [0.2, 0.25) is 0 Å². The monoisotopic (exact) mass is 681 g/mol. The number of nitrogens with zero attached hydrogens (tertiary/aromatic N) is 3. The van der Waals surface area contributed by atoms with Crippen molar-refractivity contribution in [3.63, 3.8) is 0 Å². The SMILES string of the molecule is COc1cc(CP(=O)(O)O)ccc1Nc1ncc(C(F)(F)F)c(Nc2ccc([C@H]3CC[C@H](OCSC)CC3)c3c2C(=O)N(C)C3)n1. The second-order valence-electron chi connectivity index (χ2n) is 11.3. The molecule has 2 aliphatic rings. The summed E-state index contributed by atoms with van der Waals surface area (Å²) in [5.41, 5.74) is 1.80. The van der Waals surface area contributed by atoms with Gasteiger partial charge in [0, 0.05) is 19.8 Å². The molecule has 16 heteroatoms. The summed E-state index contributed by atoms with van der Waals surface area (Å²) in [6.45, 7) is 0.350. The maximum absolute atomic E-state index is 14.1. The number of ether oxygens (including phenoxy) is 2. The van der Waals surface area contributed by atoms with Crippen LogP contribution in [-0.4, -0.2) is 63.0 Å². The molecule has 0 radical (unpaired) electrons. The molecule has 46 heavy (non-hydrogen) atoms. The van der Waals surface area contributed by atoms with E-state index in [4.69, 9.17) is 9.47 Å². The van der Waals surface area contributed by atoms with Crippen LogP contribution in [0.4, 0.5) is 36.3 Å². The first-order valence-corrected chi connectivity index (χ1v) is 17.7. The van der Waals surface area contributed by atoms with Crippen molar-refractivity contribution in [2.24, 2.45) is 0 Å². The van der Waals surface area contributed by atoms with Crippen LogP contribution in [0.15, 0.2) is 36.5 Å². The van der Waals surface area contributed by atoms with Gasteiger partial charge in [-0.2, -0.15) is 18.2 Å². The first-order chi connectivity index (χ1) is 21.8. The number of benzene rings is 2. The Morgan fingerprint density at radius 3 is 2.48 bits per heavy atom. The number of halogens is 3. The number of carbonyl (C=O) groups is 1. The van der Waals surface area contributed by atoms with Crippen LogP contribution in [0.1, 0.15) is 64.2 Å². The molecule has 0 saturated heterocycles. The van der Waals surface area contributed by atoms with Gasteiger partial charge in [0.25, 0.3) is 5.91 Å². The van der Waals surface area contributed by atoms with Crippen molar-refractivity contribution in [1.29, 1.82) is 0 Å². The molecule has 1 fully saturated rings. The average Bonchev–Trinajstić information content (AvgIpc) is 3.30. The van der Waals surface area contributed by atoms with E-state index < -0.39 is 31.3 Å². The van der Waals surface area contributed by atoms with Crippen LogP contribution >= 0.6 is 19.4 Å². The summed E-state index contributed by atoms with van der Waals surface area (Å²) < 4.78 is 65.0. The molecule has 0 bridgehead atoms. The van der Waals surface area contributed by atoms with E-state index in [0.717, 1.165) is 36.8 Å². The van der Waals surface area contributed by atoms with E-state index in [0.29, 0.717) is 29.8 Å². The molecular formula is C30H35F3N5O6PS. The molecule has 4 N–H and O–H groups in total. The fourth-order valence-electron chi connectivity index (χ4n) is 5.94. The Labute approximate surface area is 268 Å². The molecule has 5 rings (SSSR count). The van der Waals surface area contributed by atoms with Gasteiger partial charge in [0.2, 0.25) is 5.95 Å². The normalized spacial score (nSPS) is 18.4. The number of nitrogens with one attached hydrogen (secondary N) is 2. The summed E-state index contributed by atoms with van der Waals surface area (Å²) in [7, 11) is -1.34. The lowest BCUT2D eigenvalue weighted by molar-refractivity contribution is -0.137. The minimum atomic E-state index is -4.80. The number of rotatable bonds is 11. The number of amides is 1. The van der Waals surface area contributed by atoms with Gasteiger partial charge in [0.1, 0.15) is 17.1 Å². The number of aromatic nitrogens is 2. The predicted molar refractivity (Wildman–Crippen MR) is 169 cm³/mol. The van der Waals surface area contributed by atoms with Crippen LogP contribution in [0, 0.1) is 0 Å². The second kappa shape index (κ2) is 13.8. The maximum atomic E-state index is 14.1. The van der Waals surface area contributed by atoms with E-state index in [2.05, 4.69) is 20.6 Å². The van der Waals surface area contributed by atoms with E-state index in [1.54, 1.807) is 29.8 Å². The summed E-state index contributed by atoms with van der Waals surface area (Å²) >= 11 is 1.63. The molecule has 2 heterocycles. The van der Waals surface area contributed by atoms with Gasteiger partial charge in [-0.25, -0.2) is 4.98 Å². The fourth-order valence-corrected chi connectivity index (χ4v) is 6.94. The highest BCUT2D eigenvalue weighted by atomic mass is 32.2. The Hall–Kier alpha value is -3.36. The van der Waals surface area contributed by atoms with Crippen molar-refractivity contribution >= 4 is 48.4 Å². The molecule has 0 unspecified atom stereocenters. The highest BCUT2D eigenvalue weighted by molar-refractivity contribution is 7.98. The third-order valence-corrected chi connectivity index (χ3v) is 9.24. The highest BCUT2D eigenvalue weighted by Crippen LogP contribution is 2.44. The number of hydrogen-bond donors (Lipinski definition) is 4. The zero-order valence-electron chi connectivity index (χ0n) is 25.4. The summed E-state index contributed by atoms with van der Waals surface area (Å²) in [5.74, 6) is -0.0169. The number of carbonyl (C=O) groups excluding carboxylic acids is 1. The van der Waals surface area contributed by atoms with E-state index >= 15 is 0 Å². The van der Waals surface area contributed by atoms with E-state index in [9.17, 15) is 32.3 Å². The topological polar surface area (TPSA) is 146 Å². The van der Waals surface area contributed by atoms with Crippen molar-refractivity contribution < 1.29 is 41.8 Å². The van der Waals surface area contributed by atoms with Crippen molar-refractivity contribution in [1.82, 2.24) is 14.9 Å². The van der Waals surface area contributed by atoms with Crippen molar-refractivity contribution in [3.8, 4) is 5.75 Å². The molecule has 1 amide bonds. The van der Waals surface area contributed by atoms with Gasteiger partial charge in [-0.1, -0.05) is 12.1 Å². The Morgan fingerprint density at radius 2 is 1.83 bits per heavy atom. The quantitative estimate of drug-likeness (QED) is 0.128. The third kappa shape index (κ3) is 7.77. The molecule has 1 aliphatic heterocycles. The molecule has 1 saturated carbocycles. The summed E-state index contributed by atoms with van der Waals surface area (Å²) in [6.07, 6.45) is 1.08. The highest BCUT2D eigenvalue weighted by Gasteiger charge is 2.37. The lowest BCUT2D eigenvalue weighted by Gasteiger charge is -2.30.